The van der Waals surface area contributed by atoms with Gasteiger partial charge in [-0.2, -0.15) is 0 Å². The molecule has 0 aliphatic rings. The second-order valence-corrected chi connectivity index (χ2v) is 5.14. The Morgan fingerprint density at radius 1 is 1.30 bits per heavy atom. The Morgan fingerprint density at radius 3 is 2.78 bits per heavy atom. The highest BCUT2D eigenvalue weighted by molar-refractivity contribution is 5.94. The molecule has 2 aromatic heterocycles. The summed E-state index contributed by atoms with van der Waals surface area (Å²) in [4.78, 5) is 15.2. The number of halogens is 1. The van der Waals surface area contributed by atoms with Crippen molar-refractivity contribution in [3.8, 4) is 11.3 Å². The highest BCUT2D eigenvalue weighted by Crippen LogP contribution is 2.17. The second-order valence-electron chi connectivity index (χ2n) is 5.14. The van der Waals surface area contributed by atoms with Crippen LogP contribution in [0, 0.1) is 5.82 Å². The molecule has 0 spiro atoms. The Hall–Kier alpha value is -3.09. The lowest BCUT2D eigenvalue weighted by molar-refractivity contribution is 0.101. The molecule has 0 saturated carbocycles. The SMILES string of the molecule is CC(=O)c1ccc(Cn2cc(-c3ccc(N)nc3)nn2)cc1F. The van der Waals surface area contributed by atoms with E-state index in [1.165, 1.54) is 19.1 Å². The Bertz CT molecular complexity index is 857. The third kappa shape index (κ3) is 3.23. The summed E-state index contributed by atoms with van der Waals surface area (Å²) in [7, 11) is 0. The van der Waals surface area contributed by atoms with Gasteiger partial charge in [0.2, 0.25) is 0 Å². The van der Waals surface area contributed by atoms with Gasteiger partial charge in [0.1, 0.15) is 17.3 Å². The first kappa shape index (κ1) is 14.8. The predicted octanol–water partition coefficient (Wildman–Crippen LogP) is 2.31. The molecule has 0 bridgehead atoms. The molecule has 0 radical (unpaired) electrons. The fraction of sp³-hybridized carbons (Fsp3) is 0.125. The fourth-order valence-electron chi connectivity index (χ4n) is 2.19. The summed E-state index contributed by atoms with van der Waals surface area (Å²) in [6.45, 7) is 1.69. The van der Waals surface area contributed by atoms with Crippen LogP contribution in [0.15, 0.2) is 42.7 Å². The van der Waals surface area contributed by atoms with Gasteiger partial charge in [0.15, 0.2) is 5.78 Å². The number of carbonyl (C=O) groups excluding carboxylic acids is 1. The van der Waals surface area contributed by atoms with Gasteiger partial charge in [-0.05, 0) is 36.8 Å². The molecule has 2 heterocycles. The number of pyridine rings is 1. The maximum Gasteiger partial charge on any atom is 0.162 e. The Labute approximate surface area is 131 Å². The van der Waals surface area contributed by atoms with E-state index in [9.17, 15) is 9.18 Å². The average Bonchev–Trinajstić information content (AvgIpc) is 2.96. The summed E-state index contributed by atoms with van der Waals surface area (Å²) in [5.74, 6) is -0.395. The van der Waals surface area contributed by atoms with Crippen LogP contribution in [0.4, 0.5) is 10.2 Å². The Balaban J connectivity index is 1.80. The van der Waals surface area contributed by atoms with Crippen LogP contribution >= 0.6 is 0 Å². The minimum absolute atomic E-state index is 0.0842. The van der Waals surface area contributed by atoms with Crippen LogP contribution in [-0.2, 0) is 6.54 Å². The summed E-state index contributed by atoms with van der Waals surface area (Å²) in [6.07, 6.45) is 3.36. The summed E-state index contributed by atoms with van der Waals surface area (Å²) >= 11 is 0. The van der Waals surface area contributed by atoms with Gasteiger partial charge in [-0.25, -0.2) is 14.1 Å². The van der Waals surface area contributed by atoms with Crippen LogP contribution in [-0.4, -0.2) is 25.8 Å². The number of hydrogen-bond donors (Lipinski definition) is 1. The predicted molar refractivity (Wildman–Crippen MR) is 83.2 cm³/mol. The second kappa shape index (κ2) is 5.96. The van der Waals surface area contributed by atoms with E-state index in [1.54, 1.807) is 35.3 Å². The van der Waals surface area contributed by atoms with Gasteiger partial charge in [-0.3, -0.25) is 4.79 Å². The summed E-state index contributed by atoms with van der Waals surface area (Å²) < 4.78 is 15.4. The zero-order chi connectivity index (χ0) is 16.4. The maximum absolute atomic E-state index is 13.8. The molecule has 0 amide bonds. The molecule has 7 heteroatoms. The van der Waals surface area contributed by atoms with Gasteiger partial charge < -0.3 is 5.73 Å². The van der Waals surface area contributed by atoms with Gasteiger partial charge in [-0.1, -0.05) is 11.3 Å². The van der Waals surface area contributed by atoms with Crippen molar-refractivity contribution in [2.24, 2.45) is 0 Å². The lowest BCUT2D eigenvalue weighted by atomic mass is 10.1. The van der Waals surface area contributed by atoms with Crippen molar-refractivity contribution in [2.75, 3.05) is 5.73 Å². The first-order valence-electron chi connectivity index (χ1n) is 6.94. The third-order valence-electron chi connectivity index (χ3n) is 3.38. The largest absolute Gasteiger partial charge is 0.384 e. The molecular weight excluding hydrogens is 297 g/mol. The zero-order valence-corrected chi connectivity index (χ0v) is 12.4. The molecule has 0 aliphatic carbocycles. The fourth-order valence-corrected chi connectivity index (χ4v) is 2.19. The molecule has 0 atom stereocenters. The number of aromatic nitrogens is 4. The Kier molecular flexibility index (Phi) is 3.84. The summed E-state index contributed by atoms with van der Waals surface area (Å²) in [5.41, 5.74) is 7.77. The lowest BCUT2D eigenvalue weighted by Crippen LogP contribution is -2.03. The van der Waals surface area contributed by atoms with Crippen LogP contribution in [0.5, 0.6) is 0 Å². The molecule has 0 aliphatic heterocycles. The van der Waals surface area contributed by atoms with Crippen molar-refractivity contribution in [3.63, 3.8) is 0 Å². The minimum atomic E-state index is -0.530. The van der Waals surface area contributed by atoms with Crippen LogP contribution in [0.3, 0.4) is 0 Å². The summed E-state index contributed by atoms with van der Waals surface area (Å²) in [6, 6.07) is 8.01. The molecule has 3 rings (SSSR count). The van der Waals surface area contributed by atoms with E-state index in [4.69, 9.17) is 5.73 Å². The average molecular weight is 311 g/mol. The quantitative estimate of drug-likeness (QED) is 0.747. The van der Waals surface area contributed by atoms with Crippen LogP contribution < -0.4 is 5.73 Å². The van der Waals surface area contributed by atoms with Crippen molar-refractivity contribution in [1.82, 2.24) is 20.0 Å². The number of hydrogen-bond acceptors (Lipinski definition) is 5. The van der Waals surface area contributed by atoms with Crippen LogP contribution in [0.2, 0.25) is 0 Å². The van der Waals surface area contributed by atoms with Crippen molar-refractivity contribution in [2.45, 2.75) is 13.5 Å². The van der Waals surface area contributed by atoms with Gasteiger partial charge in [-0.15, -0.1) is 5.10 Å². The number of benzene rings is 1. The Morgan fingerprint density at radius 2 is 2.13 bits per heavy atom. The maximum atomic E-state index is 13.8. The van der Waals surface area contributed by atoms with E-state index in [2.05, 4.69) is 15.3 Å². The molecule has 3 aromatic rings. The lowest BCUT2D eigenvalue weighted by Gasteiger charge is -2.04. The number of Topliss-reactive ketones (excluding diaryl/α,β-unsaturated/α-hetero) is 1. The van der Waals surface area contributed by atoms with Crippen molar-refractivity contribution < 1.29 is 9.18 Å². The topological polar surface area (TPSA) is 86.7 Å². The standard InChI is InChI=1S/C16H14FN5O/c1-10(23)13-4-2-11(6-14(13)17)8-22-9-15(20-21-22)12-3-5-16(18)19-7-12/h2-7,9H,8H2,1H3,(H2,18,19). The van der Waals surface area contributed by atoms with E-state index in [0.29, 0.717) is 23.6 Å². The number of nitrogens with zero attached hydrogens (tertiary/aromatic N) is 4. The number of nitrogens with two attached hydrogens (primary N) is 1. The number of carbonyl (C=O) groups is 1. The van der Waals surface area contributed by atoms with Crippen LogP contribution in [0.1, 0.15) is 22.8 Å². The summed E-state index contributed by atoms with van der Waals surface area (Å²) in [5, 5.41) is 8.08. The molecule has 0 unspecified atom stereocenters. The molecular formula is C16H14FN5O. The normalized spacial score (nSPS) is 10.7. The molecule has 1 aromatic carbocycles. The monoisotopic (exact) mass is 311 g/mol. The van der Waals surface area contributed by atoms with Gasteiger partial charge >= 0.3 is 0 Å². The first-order chi connectivity index (χ1) is 11.0. The molecule has 116 valence electrons. The smallest absolute Gasteiger partial charge is 0.162 e. The number of ketones is 1. The first-order valence-corrected chi connectivity index (χ1v) is 6.94. The number of nitrogen functional groups attached to an aromatic ring is 1. The third-order valence-corrected chi connectivity index (χ3v) is 3.38. The van der Waals surface area contributed by atoms with E-state index in [-0.39, 0.29) is 11.3 Å². The van der Waals surface area contributed by atoms with Gasteiger partial charge in [0.05, 0.1) is 18.3 Å². The van der Waals surface area contributed by atoms with Crippen molar-refractivity contribution in [1.29, 1.82) is 0 Å². The van der Waals surface area contributed by atoms with Gasteiger partial charge in [0.25, 0.3) is 0 Å². The van der Waals surface area contributed by atoms with Crippen molar-refractivity contribution in [3.05, 3.63) is 59.7 Å². The zero-order valence-electron chi connectivity index (χ0n) is 12.4. The van der Waals surface area contributed by atoms with Crippen molar-refractivity contribution >= 4 is 11.6 Å². The minimum Gasteiger partial charge on any atom is -0.384 e. The highest BCUT2D eigenvalue weighted by atomic mass is 19.1. The van der Waals surface area contributed by atoms with E-state index in [1.807, 2.05) is 0 Å². The highest BCUT2D eigenvalue weighted by Gasteiger charge is 2.09. The van der Waals surface area contributed by atoms with E-state index in [0.717, 1.165) is 5.56 Å². The molecule has 23 heavy (non-hydrogen) atoms. The number of anilines is 1. The molecule has 6 nitrogen and oxygen atoms in total. The molecule has 2 N–H and O–H groups in total. The number of rotatable bonds is 4. The molecule has 0 saturated heterocycles. The van der Waals surface area contributed by atoms with Gasteiger partial charge in [0, 0.05) is 11.8 Å². The van der Waals surface area contributed by atoms with Crippen LogP contribution in [0.25, 0.3) is 11.3 Å². The van der Waals surface area contributed by atoms with E-state index < -0.39 is 5.82 Å². The van der Waals surface area contributed by atoms with E-state index >= 15 is 0 Å². The molecule has 0 fully saturated rings.